The second-order valence-corrected chi connectivity index (χ2v) is 7.76. The standard InChI is InChI=1S/C22H24Cl2N2O2/c1-15-5-3-4-12-26(15)19-9-7-18(8-10-19)25-21(27)11-6-16-13-17(23)14-20(24)22(16)28-2/h6-11,13-15H,3-5,12H2,1-2H3,(H,25,27)/b11-6+. The van der Waals surface area contributed by atoms with E-state index in [9.17, 15) is 4.79 Å². The van der Waals surface area contributed by atoms with E-state index >= 15 is 0 Å². The van der Waals surface area contributed by atoms with Crippen LogP contribution in [-0.2, 0) is 4.79 Å². The van der Waals surface area contributed by atoms with Gasteiger partial charge in [0.2, 0.25) is 5.91 Å². The summed E-state index contributed by atoms with van der Waals surface area (Å²) in [5, 5.41) is 3.75. The minimum absolute atomic E-state index is 0.239. The Morgan fingerprint density at radius 2 is 1.96 bits per heavy atom. The molecule has 1 N–H and O–H groups in total. The highest BCUT2D eigenvalue weighted by Crippen LogP contribution is 2.33. The second-order valence-electron chi connectivity index (χ2n) is 6.92. The maximum atomic E-state index is 12.3. The van der Waals surface area contributed by atoms with Gasteiger partial charge in [0.05, 0.1) is 12.1 Å². The Hall–Kier alpha value is -2.17. The third kappa shape index (κ3) is 5.00. The molecule has 1 fully saturated rings. The molecule has 0 spiro atoms. The quantitative estimate of drug-likeness (QED) is 0.602. The minimum Gasteiger partial charge on any atom is -0.495 e. The number of methoxy groups -OCH3 is 1. The van der Waals surface area contributed by atoms with Gasteiger partial charge in [-0.2, -0.15) is 0 Å². The molecule has 2 aromatic rings. The maximum Gasteiger partial charge on any atom is 0.248 e. The molecule has 148 valence electrons. The van der Waals surface area contributed by atoms with Crippen molar-refractivity contribution in [3.63, 3.8) is 0 Å². The number of benzene rings is 2. The number of ether oxygens (including phenoxy) is 1. The molecule has 1 amide bonds. The number of carbonyl (C=O) groups excluding carboxylic acids is 1. The van der Waals surface area contributed by atoms with Crippen molar-refractivity contribution in [2.24, 2.45) is 0 Å². The maximum absolute atomic E-state index is 12.3. The van der Waals surface area contributed by atoms with Crippen molar-refractivity contribution in [3.05, 3.63) is 58.1 Å². The van der Waals surface area contributed by atoms with Crippen molar-refractivity contribution in [2.75, 3.05) is 23.9 Å². The summed E-state index contributed by atoms with van der Waals surface area (Å²) in [6.07, 6.45) is 6.81. The van der Waals surface area contributed by atoms with E-state index < -0.39 is 0 Å². The number of nitrogens with one attached hydrogen (secondary N) is 1. The molecule has 1 unspecified atom stereocenters. The first-order chi connectivity index (χ1) is 13.5. The van der Waals surface area contributed by atoms with E-state index in [-0.39, 0.29) is 5.91 Å². The number of rotatable bonds is 5. The number of amides is 1. The molecule has 4 nitrogen and oxygen atoms in total. The number of anilines is 2. The first-order valence-electron chi connectivity index (χ1n) is 9.36. The van der Waals surface area contributed by atoms with Crippen LogP contribution in [0.5, 0.6) is 5.75 Å². The molecule has 0 aromatic heterocycles. The lowest BCUT2D eigenvalue weighted by Crippen LogP contribution is -2.37. The average Bonchev–Trinajstić information content (AvgIpc) is 2.67. The van der Waals surface area contributed by atoms with Gasteiger partial charge >= 0.3 is 0 Å². The van der Waals surface area contributed by atoms with Crippen LogP contribution in [-0.4, -0.2) is 25.6 Å². The van der Waals surface area contributed by atoms with Gasteiger partial charge < -0.3 is 15.0 Å². The van der Waals surface area contributed by atoms with Crippen molar-refractivity contribution in [3.8, 4) is 5.75 Å². The van der Waals surface area contributed by atoms with Crippen molar-refractivity contribution < 1.29 is 9.53 Å². The van der Waals surface area contributed by atoms with Gasteiger partial charge in [-0.3, -0.25) is 4.79 Å². The fourth-order valence-electron chi connectivity index (χ4n) is 3.49. The molecule has 3 rings (SSSR count). The predicted molar refractivity (Wildman–Crippen MR) is 118 cm³/mol. The zero-order chi connectivity index (χ0) is 20.1. The topological polar surface area (TPSA) is 41.6 Å². The third-order valence-corrected chi connectivity index (χ3v) is 5.42. The number of carbonyl (C=O) groups is 1. The number of hydrogen-bond donors (Lipinski definition) is 1. The van der Waals surface area contributed by atoms with Gasteiger partial charge in [0.1, 0.15) is 5.75 Å². The molecule has 1 aliphatic heterocycles. The number of nitrogens with zero attached hydrogens (tertiary/aromatic N) is 1. The summed E-state index contributed by atoms with van der Waals surface area (Å²) >= 11 is 12.2. The SMILES string of the molecule is COc1c(Cl)cc(Cl)cc1/C=C/C(=O)Nc1ccc(N2CCCCC2C)cc1. The van der Waals surface area contributed by atoms with Gasteiger partial charge in [-0.05, 0) is 68.7 Å². The van der Waals surface area contributed by atoms with E-state index in [1.54, 1.807) is 18.2 Å². The zero-order valence-corrected chi connectivity index (χ0v) is 17.6. The molecular formula is C22H24Cl2N2O2. The van der Waals surface area contributed by atoms with Gasteiger partial charge in [-0.25, -0.2) is 0 Å². The molecule has 1 heterocycles. The summed E-state index contributed by atoms with van der Waals surface area (Å²) in [5.41, 5.74) is 2.59. The molecule has 0 aliphatic carbocycles. The number of halogens is 2. The van der Waals surface area contributed by atoms with Crippen LogP contribution < -0.4 is 15.0 Å². The highest BCUT2D eigenvalue weighted by molar-refractivity contribution is 6.36. The Morgan fingerprint density at radius 1 is 1.21 bits per heavy atom. The lowest BCUT2D eigenvalue weighted by molar-refractivity contribution is -0.111. The van der Waals surface area contributed by atoms with E-state index in [1.807, 2.05) is 12.1 Å². The van der Waals surface area contributed by atoms with Crippen molar-refractivity contribution in [1.29, 1.82) is 0 Å². The molecule has 1 saturated heterocycles. The molecule has 1 atom stereocenters. The Morgan fingerprint density at radius 3 is 2.64 bits per heavy atom. The van der Waals surface area contributed by atoms with Gasteiger partial charge in [-0.15, -0.1) is 0 Å². The molecule has 0 radical (unpaired) electrons. The first kappa shape index (κ1) is 20.6. The van der Waals surface area contributed by atoms with Crippen LogP contribution in [0, 0.1) is 0 Å². The summed E-state index contributed by atoms with van der Waals surface area (Å²) < 4.78 is 5.28. The second kappa shape index (κ2) is 9.35. The van der Waals surface area contributed by atoms with Crippen LogP contribution in [0.1, 0.15) is 31.7 Å². The molecule has 1 aliphatic rings. The fourth-order valence-corrected chi connectivity index (χ4v) is 4.07. The van der Waals surface area contributed by atoms with Gasteiger partial charge in [0.15, 0.2) is 0 Å². The largest absolute Gasteiger partial charge is 0.495 e. The van der Waals surface area contributed by atoms with E-state index in [0.717, 1.165) is 12.2 Å². The monoisotopic (exact) mass is 418 g/mol. The van der Waals surface area contributed by atoms with E-state index in [0.29, 0.717) is 27.4 Å². The molecule has 0 bridgehead atoms. The van der Waals surface area contributed by atoms with Gasteiger partial charge in [-0.1, -0.05) is 23.2 Å². The average molecular weight is 419 g/mol. The Balaban J connectivity index is 1.66. The molecule has 6 heteroatoms. The Kier molecular flexibility index (Phi) is 6.87. The first-order valence-corrected chi connectivity index (χ1v) is 10.1. The molecular weight excluding hydrogens is 395 g/mol. The minimum atomic E-state index is -0.239. The molecule has 28 heavy (non-hydrogen) atoms. The summed E-state index contributed by atoms with van der Waals surface area (Å²) in [7, 11) is 1.53. The lowest BCUT2D eigenvalue weighted by atomic mass is 10.0. The summed E-state index contributed by atoms with van der Waals surface area (Å²) in [6.45, 7) is 3.34. The van der Waals surface area contributed by atoms with Crippen LogP contribution >= 0.6 is 23.2 Å². The van der Waals surface area contributed by atoms with Crippen LogP contribution in [0.4, 0.5) is 11.4 Å². The third-order valence-electron chi connectivity index (χ3n) is 4.92. The molecule has 0 saturated carbocycles. The van der Waals surface area contributed by atoms with Crippen molar-refractivity contribution >= 4 is 46.6 Å². The summed E-state index contributed by atoms with van der Waals surface area (Å²) in [6, 6.07) is 11.8. The highest BCUT2D eigenvalue weighted by Gasteiger charge is 2.18. The van der Waals surface area contributed by atoms with Crippen molar-refractivity contribution in [1.82, 2.24) is 0 Å². The Bertz CT molecular complexity index is 866. The number of piperidine rings is 1. The van der Waals surface area contributed by atoms with E-state index in [1.165, 1.54) is 38.1 Å². The predicted octanol–water partition coefficient (Wildman–Crippen LogP) is 6.03. The van der Waals surface area contributed by atoms with E-state index in [4.69, 9.17) is 27.9 Å². The summed E-state index contributed by atoms with van der Waals surface area (Å²) in [5.74, 6) is 0.243. The Labute approximate surface area is 176 Å². The zero-order valence-electron chi connectivity index (χ0n) is 16.0. The lowest BCUT2D eigenvalue weighted by Gasteiger charge is -2.35. The normalized spacial score (nSPS) is 17.0. The van der Waals surface area contributed by atoms with Crippen LogP contribution in [0.3, 0.4) is 0 Å². The van der Waals surface area contributed by atoms with Gasteiger partial charge in [0, 0.05) is 40.6 Å². The highest BCUT2D eigenvalue weighted by atomic mass is 35.5. The summed E-state index contributed by atoms with van der Waals surface area (Å²) in [4.78, 5) is 14.7. The van der Waals surface area contributed by atoms with Gasteiger partial charge in [0.25, 0.3) is 0 Å². The molecule has 2 aromatic carbocycles. The smallest absolute Gasteiger partial charge is 0.248 e. The van der Waals surface area contributed by atoms with Crippen LogP contribution in [0.2, 0.25) is 10.0 Å². The number of hydrogen-bond acceptors (Lipinski definition) is 3. The van der Waals surface area contributed by atoms with Crippen molar-refractivity contribution in [2.45, 2.75) is 32.2 Å². The fraction of sp³-hybridized carbons (Fsp3) is 0.318. The van der Waals surface area contributed by atoms with Crippen LogP contribution in [0.25, 0.3) is 6.08 Å². The van der Waals surface area contributed by atoms with Crippen LogP contribution in [0.15, 0.2) is 42.5 Å². The van der Waals surface area contributed by atoms with E-state index in [2.05, 4.69) is 29.3 Å².